The number of Topliss-reactive ketones (excluding diaryl/α,β-unsaturated/α-hetero) is 1. The van der Waals surface area contributed by atoms with Crippen molar-refractivity contribution in [2.45, 2.75) is 80.2 Å². The Hall–Kier alpha value is -1.64. The molecule has 1 N–H and O–H groups in total. The van der Waals surface area contributed by atoms with Gasteiger partial charge < -0.3 is 5.32 Å². The Kier molecular flexibility index (Phi) is 10.3. The van der Waals surface area contributed by atoms with Crippen molar-refractivity contribution in [2.24, 2.45) is 11.3 Å². The second-order valence-corrected chi connectivity index (χ2v) is 6.99. The normalized spacial score (nSPS) is 19.4. The summed E-state index contributed by atoms with van der Waals surface area (Å²) >= 11 is 0. The lowest BCUT2D eigenvalue weighted by Gasteiger charge is -2.30. The summed E-state index contributed by atoms with van der Waals surface area (Å²) in [5.41, 5.74) is 0.964. The van der Waals surface area contributed by atoms with Gasteiger partial charge in [0.25, 0.3) is 0 Å². The highest BCUT2D eigenvalue weighted by Gasteiger charge is 2.45. The lowest BCUT2D eigenvalue weighted by Crippen LogP contribution is -2.49. The van der Waals surface area contributed by atoms with Crippen molar-refractivity contribution in [2.75, 3.05) is 0 Å². The molecule has 2 unspecified atom stereocenters. The SMILES string of the molecule is CC.CC.CCC(=O)C(NC(=O)[C@H]1CC1c1ccccc1)C(C)(C)C. The Labute approximate surface area is 154 Å². The number of amides is 1. The van der Waals surface area contributed by atoms with Gasteiger partial charge in [-0.15, -0.1) is 0 Å². The molecule has 1 aliphatic rings. The molecule has 3 heteroatoms. The monoisotopic (exact) mass is 347 g/mol. The Morgan fingerprint density at radius 2 is 1.60 bits per heavy atom. The highest BCUT2D eigenvalue weighted by atomic mass is 16.2. The van der Waals surface area contributed by atoms with E-state index in [-0.39, 0.29) is 23.0 Å². The van der Waals surface area contributed by atoms with Crippen molar-refractivity contribution in [3.8, 4) is 0 Å². The first-order valence-corrected chi connectivity index (χ1v) is 9.72. The Morgan fingerprint density at radius 1 is 1.08 bits per heavy atom. The number of hydrogen-bond donors (Lipinski definition) is 1. The van der Waals surface area contributed by atoms with Crippen molar-refractivity contribution in [3.05, 3.63) is 35.9 Å². The van der Waals surface area contributed by atoms with Crippen LogP contribution in [0, 0.1) is 11.3 Å². The summed E-state index contributed by atoms with van der Waals surface area (Å²) in [5, 5.41) is 2.98. The van der Waals surface area contributed by atoms with E-state index in [1.165, 1.54) is 5.56 Å². The average Bonchev–Trinajstić information content (AvgIpc) is 3.43. The van der Waals surface area contributed by atoms with Gasteiger partial charge in [0.1, 0.15) is 0 Å². The third kappa shape index (κ3) is 7.01. The molecule has 0 bridgehead atoms. The van der Waals surface area contributed by atoms with Crippen LogP contribution in [0.4, 0.5) is 0 Å². The number of carbonyl (C=O) groups is 2. The van der Waals surface area contributed by atoms with Crippen LogP contribution < -0.4 is 5.32 Å². The first-order chi connectivity index (χ1) is 11.8. The van der Waals surface area contributed by atoms with E-state index in [1.54, 1.807) is 0 Å². The van der Waals surface area contributed by atoms with Gasteiger partial charge in [-0.3, -0.25) is 9.59 Å². The third-order valence-corrected chi connectivity index (χ3v) is 4.18. The van der Waals surface area contributed by atoms with Crippen LogP contribution in [0.1, 0.15) is 79.7 Å². The molecule has 1 fully saturated rings. The number of benzene rings is 1. The zero-order chi connectivity index (χ0) is 19.6. The van der Waals surface area contributed by atoms with Crippen LogP contribution in [0.5, 0.6) is 0 Å². The van der Waals surface area contributed by atoms with Crippen molar-refractivity contribution in [1.29, 1.82) is 0 Å². The van der Waals surface area contributed by atoms with Gasteiger partial charge in [-0.05, 0) is 23.3 Å². The molecule has 1 saturated carbocycles. The summed E-state index contributed by atoms with van der Waals surface area (Å²) < 4.78 is 0. The number of rotatable bonds is 5. The number of carbonyl (C=O) groups excluding carboxylic acids is 2. The second-order valence-electron chi connectivity index (χ2n) is 6.99. The zero-order valence-electron chi connectivity index (χ0n) is 17.3. The molecule has 0 heterocycles. The number of nitrogens with one attached hydrogen (secondary N) is 1. The molecule has 1 amide bonds. The van der Waals surface area contributed by atoms with Crippen molar-refractivity contribution < 1.29 is 9.59 Å². The quantitative estimate of drug-likeness (QED) is 0.780. The molecule has 0 aliphatic heterocycles. The smallest absolute Gasteiger partial charge is 0.224 e. The van der Waals surface area contributed by atoms with E-state index in [1.807, 2.05) is 73.6 Å². The van der Waals surface area contributed by atoms with Crippen molar-refractivity contribution in [1.82, 2.24) is 5.32 Å². The number of hydrogen-bond acceptors (Lipinski definition) is 2. The number of ketones is 1. The van der Waals surface area contributed by atoms with Gasteiger partial charge in [0.05, 0.1) is 6.04 Å². The molecule has 3 atom stereocenters. The van der Waals surface area contributed by atoms with Gasteiger partial charge in [-0.1, -0.05) is 85.7 Å². The summed E-state index contributed by atoms with van der Waals surface area (Å²) in [5.74, 6) is 0.448. The van der Waals surface area contributed by atoms with E-state index in [4.69, 9.17) is 0 Å². The van der Waals surface area contributed by atoms with E-state index in [9.17, 15) is 9.59 Å². The molecular formula is C22H37NO2. The Bertz CT molecular complexity index is 517. The summed E-state index contributed by atoms with van der Waals surface area (Å²) in [7, 11) is 0. The molecular weight excluding hydrogens is 310 g/mol. The minimum atomic E-state index is -0.396. The van der Waals surface area contributed by atoms with E-state index in [0.29, 0.717) is 12.3 Å². The van der Waals surface area contributed by atoms with Crippen LogP contribution in [0.15, 0.2) is 30.3 Å². The largest absolute Gasteiger partial charge is 0.346 e. The molecule has 0 radical (unpaired) electrons. The lowest BCUT2D eigenvalue weighted by molar-refractivity contribution is -0.130. The highest BCUT2D eigenvalue weighted by molar-refractivity contribution is 5.91. The minimum Gasteiger partial charge on any atom is -0.346 e. The summed E-state index contributed by atoms with van der Waals surface area (Å²) in [4.78, 5) is 24.5. The molecule has 25 heavy (non-hydrogen) atoms. The van der Waals surface area contributed by atoms with Crippen LogP contribution >= 0.6 is 0 Å². The van der Waals surface area contributed by atoms with Gasteiger partial charge in [0.15, 0.2) is 5.78 Å². The molecule has 0 saturated heterocycles. The van der Waals surface area contributed by atoms with Crippen molar-refractivity contribution in [3.63, 3.8) is 0 Å². The average molecular weight is 348 g/mol. The lowest BCUT2D eigenvalue weighted by atomic mass is 9.83. The highest BCUT2D eigenvalue weighted by Crippen LogP contribution is 2.47. The first kappa shape index (κ1) is 23.4. The molecule has 2 rings (SSSR count). The summed E-state index contributed by atoms with van der Waals surface area (Å²) in [6.45, 7) is 15.8. The maximum Gasteiger partial charge on any atom is 0.224 e. The third-order valence-electron chi connectivity index (χ3n) is 4.18. The van der Waals surface area contributed by atoms with Gasteiger partial charge >= 0.3 is 0 Å². The maximum absolute atomic E-state index is 12.4. The van der Waals surface area contributed by atoms with Crippen LogP contribution in [0.2, 0.25) is 0 Å². The molecule has 3 nitrogen and oxygen atoms in total. The second kappa shape index (κ2) is 11.1. The van der Waals surface area contributed by atoms with Crippen LogP contribution in [0.3, 0.4) is 0 Å². The predicted octanol–water partition coefficient (Wildman–Crippen LogP) is 5.35. The van der Waals surface area contributed by atoms with E-state index in [2.05, 4.69) is 17.4 Å². The van der Waals surface area contributed by atoms with Crippen LogP contribution in [0.25, 0.3) is 0 Å². The van der Waals surface area contributed by atoms with Crippen molar-refractivity contribution >= 4 is 11.7 Å². The Morgan fingerprint density at radius 3 is 2.04 bits per heavy atom. The standard InChI is InChI=1S/C18H25NO2.2C2H6/c1-5-15(20)16(18(2,3)4)19-17(21)14-11-13(14)12-9-7-6-8-10-12;2*1-2/h6-10,13-14,16H,5,11H2,1-4H3,(H,19,21);2*1-2H3/t13?,14-,16?;;/m0../s1. The van der Waals surface area contributed by atoms with Gasteiger partial charge in [0, 0.05) is 12.3 Å². The molecule has 1 aromatic rings. The van der Waals surface area contributed by atoms with Crippen LogP contribution in [-0.2, 0) is 9.59 Å². The fourth-order valence-corrected chi connectivity index (χ4v) is 2.79. The van der Waals surface area contributed by atoms with Crippen LogP contribution in [-0.4, -0.2) is 17.7 Å². The first-order valence-electron chi connectivity index (χ1n) is 9.72. The molecule has 1 aromatic carbocycles. The van der Waals surface area contributed by atoms with Gasteiger partial charge in [0.2, 0.25) is 5.91 Å². The minimum absolute atomic E-state index is 0.0157. The Balaban J connectivity index is 0.00000134. The predicted molar refractivity (Wildman–Crippen MR) is 107 cm³/mol. The van der Waals surface area contributed by atoms with Gasteiger partial charge in [-0.25, -0.2) is 0 Å². The molecule has 0 spiro atoms. The maximum atomic E-state index is 12.4. The molecule has 1 aliphatic carbocycles. The fraction of sp³-hybridized carbons (Fsp3) is 0.636. The molecule has 142 valence electrons. The summed E-state index contributed by atoms with van der Waals surface area (Å²) in [6, 6.07) is 9.72. The topological polar surface area (TPSA) is 46.2 Å². The summed E-state index contributed by atoms with van der Waals surface area (Å²) in [6.07, 6.45) is 1.34. The van der Waals surface area contributed by atoms with E-state index >= 15 is 0 Å². The fourth-order valence-electron chi connectivity index (χ4n) is 2.79. The van der Waals surface area contributed by atoms with E-state index < -0.39 is 6.04 Å². The molecule has 0 aromatic heterocycles. The van der Waals surface area contributed by atoms with Gasteiger partial charge in [-0.2, -0.15) is 0 Å². The van der Waals surface area contributed by atoms with E-state index in [0.717, 1.165) is 6.42 Å². The zero-order valence-corrected chi connectivity index (χ0v) is 17.3.